The number of hydrogen-bond donors (Lipinski definition) is 0. The van der Waals surface area contributed by atoms with E-state index in [2.05, 4.69) is 50.8 Å². The van der Waals surface area contributed by atoms with Gasteiger partial charge < -0.3 is 14.5 Å². The fraction of sp³-hybridized carbons (Fsp3) is 0.357. The van der Waals surface area contributed by atoms with Crippen LogP contribution in [0, 0.1) is 24.5 Å². The summed E-state index contributed by atoms with van der Waals surface area (Å²) >= 11 is 0. The standard InChI is InChI=1S/C42H45N7O3/c1-6-9-11-15-27-48(28-16-12-10-7-2)33-23-21-32(22-24-33)46-47-37-26-20-31(34-17-13-14-18-35(34)37)19-25-36-40(45-5)41(38(29-43)44-4)49(42(36)51)30-39(50)52-8-3/h13-14,17-26H,6-12,15-16,27-28,30H2,1-3H3/b25-19+,41-38+,47-46?. The number of esters is 1. The molecule has 10 heteroatoms. The fourth-order valence-corrected chi connectivity index (χ4v) is 6.11. The molecule has 0 aromatic heterocycles. The highest BCUT2D eigenvalue weighted by Gasteiger charge is 2.38. The van der Waals surface area contributed by atoms with Gasteiger partial charge in [-0.2, -0.15) is 5.11 Å². The van der Waals surface area contributed by atoms with Crippen molar-refractivity contribution in [2.45, 2.75) is 72.1 Å². The number of hydrogen-bond acceptors (Lipinski definition) is 7. The maximum Gasteiger partial charge on any atom is 0.325 e. The second-order valence-electron chi connectivity index (χ2n) is 12.4. The lowest BCUT2D eigenvalue weighted by atomic mass is 10.0. The molecule has 1 amide bonds. The predicted octanol–water partition coefficient (Wildman–Crippen LogP) is 10.5. The van der Waals surface area contributed by atoms with E-state index in [1.807, 2.05) is 48.5 Å². The van der Waals surface area contributed by atoms with Crippen molar-refractivity contribution in [3.8, 4) is 6.07 Å². The number of fused-ring (bicyclic) bond motifs is 1. The Morgan fingerprint density at radius 1 is 0.885 bits per heavy atom. The SMILES string of the molecule is [C-]#[N+]C1=C(/C=C/c2ccc(N=Nc3ccc(N(CCCCCC)CCCCCC)cc3)c3ccccc23)C(=O)N(CC(=O)OCC)/C1=C(\C#N)[N+]#[C-]. The maximum absolute atomic E-state index is 13.5. The number of anilines is 1. The first-order valence-electron chi connectivity index (χ1n) is 18.0. The molecule has 10 nitrogen and oxygen atoms in total. The number of unbranched alkanes of at least 4 members (excludes halogenated alkanes) is 6. The topological polar surface area (TPSA) is 107 Å². The van der Waals surface area contributed by atoms with Gasteiger partial charge in [0.2, 0.25) is 11.6 Å². The lowest BCUT2D eigenvalue weighted by Gasteiger charge is -2.25. The third-order valence-corrected chi connectivity index (χ3v) is 8.79. The van der Waals surface area contributed by atoms with Crippen molar-refractivity contribution in [3.63, 3.8) is 0 Å². The first kappa shape index (κ1) is 38.7. The lowest BCUT2D eigenvalue weighted by molar-refractivity contribution is -0.146. The summed E-state index contributed by atoms with van der Waals surface area (Å²) in [6.45, 7) is 23.0. The Balaban J connectivity index is 1.59. The molecule has 0 saturated heterocycles. The number of ether oxygens (including phenoxy) is 1. The van der Waals surface area contributed by atoms with E-state index >= 15 is 0 Å². The number of rotatable bonds is 18. The zero-order valence-corrected chi connectivity index (χ0v) is 30.3. The van der Waals surface area contributed by atoms with E-state index in [-0.39, 0.29) is 23.6 Å². The normalized spacial score (nSPS) is 13.8. The Morgan fingerprint density at radius 3 is 2.15 bits per heavy atom. The van der Waals surface area contributed by atoms with Crippen LogP contribution in [0.15, 0.2) is 99.6 Å². The highest BCUT2D eigenvalue weighted by atomic mass is 16.5. The van der Waals surface area contributed by atoms with Crippen LogP contribution in [0.4, 0.5) is 17.1 Å². The highest BCUT2D eigenvalue weighted by Crippen LogP contribution is 2.36. The van der Waals surface area contributed by atoms with Gasteiger partial charge in [-0.3, -0.25) is 9.59 Å². The molecule has 3 aromatic rings. The van der Waals surface area contributed by atoms with E-state index in [4.69, 9.17) is 17.9 Å². The van der Waals surface area contributed by atoms with Crippen LogP contribution < -0.4 is 4.90 Å². The maximum atomic E-state index is 13.5. The molecule has 1 heterocycles. The molecule has 0 unspecified atom stereocenters. The summed E-state index contributed by atoms with van der Waals surface area (Å²) in [6.07, 6.45) is 13.0. The summed E-state index contributed by atoms with van der Waals surface area (Å²) < 4.78 is 4.99. The lowest BCUT2D eigenvalue weighted by Crippen LogP contribution is -2.33. The molecule has 3 aromatic carbocycles. The van der Waals surface area contributed by atoms with Gasteiger partial charge in [0, 0.05) is 29.7 Å². The number of carbonyl (C=O) groups is 2. The second kappa shape index (κ2) is 20.0. The molecular formula is C42H45N7O3. The minimum atomic E-state index is -0.713. The molecule has 52 heavy (non-hydrogen) atoms. The van der Waals surface area contributed by atoms with Crippen LogP contribution in [0.3, 0.4) is 0 Å². The Morgan fingerprint density at radius 2 is 1.56 bits per heavy atom. The summed E-state index contributed by atoms with van der Waals surface area (Å²) in [6, 6.07) is 21.4. The summed E-state index contributed by atoms with van der Waals surface area (Å²) in [5.41, 5.74) is 2.54. The number of carbonyl (C=O) groups excluding carboxylic acids is 2. The molecule has 0 aliphatic carbocycles. The van der Waals surface area contributed by atoms with Gasteiger partial charge in [-0.05, 0) is 61.0 Å². The van der Waals surface area contributed by atoms with Crippen molar-refractivity contribution < 1.29 is 14.3 Å². The van der Waals surface area contributed by atoms with E-state index < -0.39 is 24.1 Å². The van der Waals surface area contributed by atoms with Crippen LogP contribution in [-0.2, 0) is 14.3 Å². The van der Waals surface area contributed by atoms with Gasteiger partial charge in [-0.1, -0.05) is 94.9 Å². The molecule has 266 valence electrons. The quantitative estimate of drug-likeness (QED) is 0.0433. The van der Waals surface area contributed by atoms with Gasteiger partial charge in [0.05, 0.1) is 42.9 Å². The van der Waals surface area contributed by atoms with Gasteiger partial charge in [-0.15, -0.1) is 5.11 Å². The number of amides is 1. The zero-order chi connectivity index (χ0) is 37.3. The minimum absolute atomic E-state index is 0.0255. The van der Waals surface area contributed by atoms with Crippen molar-refractivity contribution >= 4 is 45.8 Å². The molecule has 4 rings (SSSR count). The summed E-state index contributed by atoms with van der Waals surface area (Å²) in [5.74, 6) is -1.38. The second-order valence-corrected chi connectivity index (χ2v) is 12.4. The van der Waals surface area contributed by atoms with Gasteiger partial charge in [0.25, 0.3) is 5.70 Å². The van der Waals surface area contributed by atoms with Crippen LogP contribution in [0.1, 0.15) is 77.7 Å². The smallest absolute Gasteiger partial charge is 0.325 e. The zero-order valence-electron chi connectivity index (χ0n) is 30.3. The van der Waals surface area contributed by atoms with Crippen LogP contribution in [0.25, 0.3) is 26.5 Å². The number of azo groups is 1. The molecule has 0 atom stereocenters. The average Bonchev–Trinajstić information content (AvgIpc) is 3.42. The first-order valence-corrected chi connectivity index (χ1v) is 18.0. The van der Waals surface area contributed by atoms with E-state index in [1.165, 1.54) is 63.1 Å². The van der Waals surface area contributed by atoms with Crippen molar-refractivity contribution in [1.29, 1.82) is 5.26 Å². The Hall–Kier alpha value is -6.05. The number of nitriles is 1. The largest absolute Gasteiger partial charge is 0.465 e. The molecule has 0 spiro atoms. The number of allylic oxidation sites excluding steroid dienone is 1. The van der Waals surface area contributed by atoms with Crippen LogP contribution in [-0.4, -0.2) is 43.0 Å². The molecular weight excluding hydrogens is 651 g/mol. The number of benzene rings is 3. The molecule has 0 bridgehead atoms. The third kappa shape index (κ3) is 9.80. The average molecular weight is 696 g/mol. The monoisotopic (exact) mass is 695 g/mol. The van der Waals surface area contributed by atoms with Gasteiger partial charge in [0.1, 0.15) is 6.54 Å². The van der Waals surface area contributed by atoms with Crippen molar-refractivity contribution in [3.05, 3.63) is 118 Å². The third-order valence-electron chi connectivity index (χ3n) is 8.79. The molecule has 1 aliphatic heterocycles. The Kier molecular flexibility index (Phi) is 14.9. The van der Waals surface area contributed by atoms with E-state index in [0.717, 1.165) is 40.0 Å². The number of nitrogens with zero attached hydrogens (tertiary/aromatic N) is 7. The summed E-state index contributed by atoms with van der Waals surface area (Å²) in [5, 5.41) is 20.4. The summed E-state index contributed by atoms with van der Waals surface area (Å²) in [7, 11) is 0. The van der Waals surface area contributed by atoms with Crippen LogP contribution in [0.5, 0.6) is 0 Å². The van der Waals surface area contributed by atoms with Gasteiger partial charge in [0.15, 0.2) is 0 Å². The fourth-order valence-electron chi connectivity index (χ4n) is 6.11. The predicted molar refractivity (Wildman–Crippen MR) is 205 cm³/mol. The van der Waals surface area contributed by atoms with E-state index in [1.54, 1.807) is 19.1 Å². The molecule has 0 fully saturated rings. The van der Waals surface area contributed by atoms with E-state index in [9.17, 15) is 14.9 Å². The minimum Gasteiger partial charge on any atom is -0.465 e. The highest BCUT2D eigenvalue weighted by molar-refractivity contribution is 6.06. The van der Waals surface area contributed by atoms with Crippen molar-refractivity contribution in [1.82, 2.24) is 4.90 Å². The van der Waals surface area contributed by atoms with E-state index in [0.29, 0.717) is 5.69 Å². The molecule has 0 radical (unpaired) electrons. The molecule has 0 saturated carbocycles. The first-order chi connectivity index (χ1) is 25.4. The van der Waals surface area contributed by atoms with Crippen molar-refractivity contribution in [2.24, 2.45) is 10.2 Å². The van der Waals surface area contributed by atoms with Crippen LogP contribution >= 0.6 is 0 Å². The molecule has 1 aliphatic rings. The molecule has 0 N–H and O–H groups in total. The van der Waals surface area contributed by atoms with Crippen molar-refractivity contribution in [2.75, 3.05) is 31.1 Å². The summed E-state index contributed by atoms with van der Waals surface area (Å²) in [4.78, 5) is 36.0. The Labute approximate surface area is 307 Å². The van der Waals surface area contributed by atoms with Gasteiger partial charge in [-0.25, -0.2) is 15.0 Å². The Bertz CT molecular complexity index is 1960. The van der Waals surface area contributed by atoms with Crippen LogP contribution in [0.2, 0.25) is 0 Å². The van der Waals surface area contributed by atoms with Gasteiger partial charge >= 0.3 is 5.97 Å².